The van der Waals surface area contributed by atoms with Crippen LogP contribution in [0.15, 0.2) is 10.5 Å². The zero-order valence-electron chi connectivity index (χ0n) is 14.9. The number of carbonyl (C=O) groups excluding carboxylic acids is 2. The molecule has 3 N–H and O–H groups in total. The van der Waals surface area contributed by atoms with Crippen LogP contribution in [0.1, 0.15) is 19.5 Å². The summed E-state index contributed by atoms with van der Waals surface area (Å²) in [6, 6.07) is -1.20. The number of hydrogen-bond acceptors (Lipinski definition) is 11. The summed E-state index contributed by atoms with van der Waals surface area (Å²) in [6.45, 7) is 3.52. The Balaban J connectivity index is 0.00000364. The van der Waals surface area contributed by atoms with E-state index in [-0.39, 0.29) is 55.6 Å². The molecular weight excluding hydrogens is 429 g/mol. The number of oxime groups is 1. The number of β-lactam (4-membered cyclic amide) rings is 1. The quantitative estimate of drug-likeness (QED) is 0.141. The maximum absolute atomic E-state index is 12.5. The summed E-state index contributed by atoms with van der Waals surface area (Å²) >= 11 is 2.14. The summed E-state index contributed by atoms with van der Waals surface area (Å²) in [6.07, 6.45) is 0. The first-order chi connectivity index (χ1) is 12.1. The number of amides is 2. The minimum absolute atomic E-state index is 0. The number of nitrogens with one attached hydrogen (secondary N) is 1. The van der Waals surface area contributed by atoms with Gasteiger partial charge < -0.3 is 20.4 Å². The monoisotopic (exact) mass is 445 g/mol. The van der Waals surface area contributed by atoms with Gasteiger partial charge in [0.05, 0.1) is 0 Å². The van der Waals surface area contributed by atoms with Gasteiger partial charge in [-0.15, -0.1) is 23.1 Å². The van der Waals surface area contributed by atoms with Gasteiger partial charge in [0, 0.05) is 10.6 Å². The van der Waals surface area contributed by atoms with Crippen LogP contribution in [-0.4, -0.2) is 63.6 Å². The molecule has 11 nitrogen and oxygen atoms in total. The molecule has 144 valence electrons. The number of hydrogen-bond donors (Lipinski definition) is 2. The smallest absolute Gasteiger partial charge is 0.731 e. The molecule has 15 heteroatoms. The maximum atomic E-state index is 12.5. The van der Waals surface area contributed by atoms with Crippen molar-refractivity contribution in [2.75, 3.05) is 12.8 Å². The second kappa shape index (κ2) is 9.54. The summed E-state index contributed by atoms with van der Waals surface area (Å²) < 4.78 is 34.0. The Morgan fingerprint density at radius 2 is 2.19 bits per heavy atom. The number of aromatic nitrogens is 1. The van der Waals surface area contributed by atoms with Gasteiger partial charge in [-0.05, 0) is 0 Å². The van der Waals surface area contributed by atoms with Gasteiger partial charge in [0.1, 0.15) is 24.2 Å². The second-order valence-electron chi connectivity index (χ2n) is 5.31. The third-order valence-electron chi connectivity index (χ3n) is 3.10. The Bertz CT molecular complexity index is 842. The number of anilines is 1. The normalized spacial score (nSPS) is 20.1. The first-order valence-electron chi connectivity index (χ1n) is 7.14. The first kappa shape index (κ1) is 24.1. The van der Waals surface area contributed by atoms with Crippen LogP contribution in [0.2, 0.25) is 0 Å². The fraction of sp³-hybridized carbons (Fsp3) is 0.500. The van der Waals surface area contributed by atoms with Crippen LogP contribution in [0, 0.1) is 0 Å². The fourth-order valence-corrected chi connectivity index (χ4v) is 4.96. The average Bonchev–Trinajstić information content (AvgIpc) is 2.94. The zero-order valence-corrected chi connectivity index (χ0v) is 19.4. The third kappa shape index (κ3) is 5.56. The Kier molecular flexibility index (Phi) is 8.53. The van der Waals surface area contributed by atoms with E-state index in [0.717, 1.165) is 23.1 Å². The van der Waals surface area contributed by atoms with Crippen LogP contribution in [0.3, 0.4) is 0 Å². The van der Waals surface area contributed by atoms with Crippen LogP contribution in [0.25, 0.3) is 0 Å². The molecule has 0 saturated carbocycles. The molecule has 2 rings (SSSR count). The van der Waals surface area contributed by atoms with Crippen molar-refractivity contribution in [3.63, 3.8) is 0 Å². The van der Waals surface area contributed by atoms with Crippen molar-refractivity contribution < 1.29 is 57.0 Å². The second-order valence-corrected chi connectivity index (χ2v) is 9.15. The molecular formula is C12H16N5NaO6S3. The van der Waals surface area contributed by atoms with Gasteiger partial charge in [-0.2, -0.15) is 0 Å². The van der Waals surface area contributed by atoms with Crippen molar-refractivity contribution in [1.29, 1.82) is 0 Å². The van der Waals surface area contributed by atoms with Gasteiger partial charge in [0.25, 0.3) is 11.8 Å². The molecule has 1 fully saturated rings. The van der Waals surface area contributed by atoms with Crippen LogP contribution in [0.4, 0.5) is 5.13 Å². The molecule has 2 amide bonds. The van der Waals surface area contributed by atoms with Gasteiger partial charge in [-0.1, -0.05) is 19.0 Å². The molecule has 0 spiro atoms. The topological polar surface area (TPSA) is 167 Å². The molecule has 1 aliphatic heterocycles. The van der Waals surface area contributed by atoms with E-state index in [9.17, 15) is 22.6 Å². The average molecular weight is 445 g/mol. The van der Waals surface area contributed by atoms with Crippen LogP contribution in [0.5, 0.6) is 0 Å². The maximum Gasteiger partial charge on any atom is 1.00 e. The van der Waals surface area contributed by atoms with Gasteiger partial charge in [0.2, 0.25) is 0 Å². The van der Waals surface area contributed by atoms with Gasteiger partial charge >= 0.3 is 29.6 Å². The number of rotatable bonds is 7. The summed E-state index contributed by atoms with van der Waals surface area (Å²) in [5.41, 5.74) is 5.44. The number of carbonyl (C=O) groups is 2. The minimum atomic E-state index is -4.98. The van der Waals surface area contributed by atoms with Gasteiger partial charge in [0.15, 0.2) is 21.1 Å². The summed E-state index contributed by atoms with van der Waals surface area (Å²) in [5.74, 6) is -1.83. The molecule has 1 aliphatic rings. The molecule has 2 heterocycles. The fourth-order valence-electron chi connectivity index (χ4n) is 2.12. The molecule has 0 unspecified atom stereocenters. The largest absolute Gasteiger partial charge is 1.00 e. The third-order valence-corrected chi connectivity index (χ3v) is 6.10. The van der Waals surface area contributed by atoms with Crippen molar-refractivity contribution in [1.82, 2.24) is 14.6 Å². The van der Waals surface area contributed by atoms with Crippen LogP contribution in [-0.2, 0) is 24.7 Å². The number of nitrogen functional groups attached to an aromatic ring is 1. The molecule has 27 heavy (non-hydrogen) atoms. The molecule has 0 aliphatic carbocycles. The van der Waals surface area contributed by atoms with E-state index >= 15 is 0 Å². The molecule has 0 radical (unpaired) electrons. The molecule has 1 saturated heterocycles. The SMILES string of the molecule is CON=C(C(=O)N[C@@H]1C(=O)N(S(=O)(=O)[O-])[C@@H]1SC(C)C)c1csc(N)n1.[Na+]. The van der Waals surface area contributed by atoms with E-state index in [2.05, 4.69) is 20.3 Å². The number of thioether (sulfide) groups is 1. The molecule has 0 bridgehead atoms. The number of nitrogens with two attached hydrogens (primary N) is 1. The van der Waals surface area contributed by atoms with E-state index in [1.165, 1.54) is 12.5 Å². The number of nitrogens with zero attached hydrogens (tertiary/aromatic N) is 3. The van der Waals surface area contributed by atoms with Crippen molar-refractivity contribution in [2.45, 2.75) is 30.5 Å². The summed E-state index contributed by atoms with van der Waals surface area (Å²) in [7, 11) is -3.76. The van der Waals surface area contributed by atoms with Crippen LogP contribution < -0.4 is 40.6 Å². The van der Waals surface area contributed by atoms with E-state index in [0.29, 0.717) is 0 Å². The standard InChI is InChI=1S/C12H17N5O6S3.Na/c1-5(2)25-11-8(10(19)17(11)26(20,21)22)15-9(18)7(16-23-3)6-4-24-12(13)14-6;/h4-5,8,11H,1-3H3,(H2,13,14)(H,15,18)(H,20,21,22);/q;+1/p-1/t8-,11-;/m1./s1. The molecule has 1 aromatic heterocycles. The predicted molar refractivity (Wildman–Crippen MR) is 95.1 cm³/mol. The Morgan fingerprint density at radius 1 is 1.56 bits per heavy atom. The molecule has 2 atom stereocenters. The summed E-state index contributed by atoms with van der Waals surface area (Å²) in [4.78, 5) is 33.1. The Labute approximate surface area is 186 Å². The van der Waals surface area contributed by atoms with E-state index in [1.54, 1.807) is 13.8 Å². The van der Waals surface area contributed by atoms with Crippen molar-refractivity contribution in [2.24, 2.45) is 5.16 Å². The number of thiazole rings is 1. The van der Waals surface area contributed by atoms with E-state index < -0.39 is 33.5 Å². The van der Waals surface area contributed by atoms with Crippen molar-refractivity contribution in [3.05, 3.63) is 11.1 Å². The zero-order chi connectivity index (χ0) is 19.6. The van der Waals surface area contributed by atoms with Gasteiger partial charge in [-0.3, -0.25) is 9.59 Å². The minimum Gasteiger partial charge on any atom is -0.731 e. The predicted octanol–water partition coefficient (Wildman–Crippen LogP) is -3.67. The van der Waals surface area contributed by atoms with Gasteiger partial charge in [-0.25, -0.2) is 17.7 Å². The summed E-state index contributed by atoms with van der Waals surface area (Å²) in [5, 5.41) is 6.49. The van der Waals surface area contributed by atoms with Crippen LogP contribution >= 0.6 is 23.1 Å². The van der Waals surface area contributed by atoms with Crippen molar-refractivity contribution >= 4 is 56.1 Å². The molecule has 0 aromatic carbocycles. The van der Waals surface area contributed by atoms with Crippen molar-refractivity contribution in [3.8, 4) is 0 Å². The van der Waals surface area contributed by atoms with E-state index in [4.69, 9.17) is 5.73 Å². The first-order valence-corrected chi connectivity index (χ1v) is 10.3. The Hall–Kier alpha value is -0.900. The Morgan fingerprint density at radius 3 is 2.63 bits per heavy atom. The van der Waals surface area contributed by atoms with E-state index in [1.807, 2.05) is 0 Å². The molecule has 1 aromatic rings.